The standard InChI is InChI=1S/C14H17N3O6/c1-23-14(18)9-7-11(16(19)20)13(12(8-9)17(21)22)15-10-5-3-2-4-6-10/h7-8,10,15H,2-6H2,1H3. The third-order valence-electron chi connectivity index (χ3n) is 3.86. The highest BCUT2D eigenvalue weighted by atomic mass is 16.6. The van der Waals surface area contributed by atoms with Gasteiger partial charge in [0, 0.05) is 18.2 Å². The molecule has 0 saturated heterocycles. The second kappa shape index (κ2) is 7.03. The van der Waals surface area contributed by atoms with Gasteiger partial charge in [0.1, 0.15) is 0 Å². The Bertz CT molecular complexity index is 604. The minimum Gasteiger partial charge on any atom is -0.465 e. The first kappa shape index (κ1) is 16.7. The van der Waals surface area contributed by atoms with Gasteiger partial charge in [0.25, 0.3) is 11.4 Å². The zero-order chi connectivity index (χ0) is 17.0. The monoisotopic (exact) mass is 323 g/mol. The fourth-order valence-corrected chi connectivity index (χ4v) is 2.73. The van der Waals surface area contributed by atoms with Crippen molar-refractivity contribution in [3.05, 3.63) is 37.9 Å². The van der Waals surface area contributed by atoms with Crippen LogP contribution in [0, 0.1) is 20.2 Å². The summed E-state index contributed by atoms with van der Waals surface area (Å²) in [6, 6.07) is 1.96. The molecule has 1 aliphatic rings. The maximum Gasteiger partial charge on any atom is 0.338 e. The molecule has 23 heavy (non-hydrogen) atoms. The minimum atomic E-state index is -0.861. The van der Waals surface area contributed by atoms with Gasteiger partial charge in [-0.15, -0.1) is 0 Å². The molecule has 0 heterocycles. The van der Waals surface area contributed by atoms with E-state index in [-0.39, 0.29) is 17.3 Å². The first-order valence-electron chi connectivity index (χ1n) is 7.25. The maximum absolute atomic E-state index is 11.6. The first-order valence-corrected chi connectivity index (χ1v) is 7.25. The number of hydrogen-bond acceptors (Lipinski definition) is 7. The van der Waals surface area contributed by atoms with Gasteiger partial charge in [-0.2, -0.15) is 0 Å². The van der Waals surface area contributed by atoms with Crippen molar-refractivity contribution in [3.63, 3.8) is 0 Å². The molecule has 0 atom stereocenters. The average molecular weight is 323 g/mol. The molecule has 1 aromatic carbocycles. The summed E-state index contributed by atoms with van der Waals surface area (Å²) in [5.41, 5.74) is -1.37. The topological polar surface area (TPSA) is 125 Å². The SMILES string of the molecule is COC(=O)c1cc([N+](=O)[O-])c(NC2CCCCC2)c([N+](=O)[O-])c1. The van der Waals surface area contributed by atoms with Crippen molar-refractivity contribution in [2.45, 2.75) is 38.1 Å². The van der Waals surface area contributed by atoms with E-state index in [4.69, 9.17) is 0 Å². The van der Waals surface area contributed by atoms with Gasteiger partial charge in [0.2, 0.25) is 0 Å². The molecule has 1 fully saturated rings. The molecule has 1 aromatic rings. The first-order chi connectivity index (χ1) is 10.9. The summed E-state index contributed by atoms with van der Waals surface area (Å²) in [6.45, 7) is 0. The van der Waals surface area contributed by atoms with Crippen molar-refractivity contribution in [3.8, 4) is 0 Å². The van der Waals surface area contributed by atoms with Crippen LogP contribution in [-0.2, 0) is 4.74 Å². The Morgan fingerprint density at radius 2 is 1.65 bits per heavy atom. The summed E-state index contributed by atoms with van der Waals surface area (Å²) in [5.74, 6) is -0.861. The molecule has 124 valence electrons. The second-order valence-corrected chi connectivity index (χ2v) is 5.37. The molecule has 0 aliphatic heterocycles. The van der Waals surface area contributed by atoms with Gasteiger partial charge >= 0.3 is 5.97 Å². The van der Waals surface area contributed by atoms with Crippen molar-refractivity contribution in [2.24, 2.45) is 0 Å². The molecule has 0 unspecified atom stereocenters. The summed E-state index contributed by atoms with van der Waals surface area (Å²) in [4.78, 5) is 32.7. The molecule has 2 rings (SSSR count). The van der Waals surface area contributed by atoms with Crippen LogP contribution in [0.25, 0.3) is 0 Å². The predicted molar refractivity (Wildman–Crippen MR) is 81.6 cm³/mol. The number of nitro groups is 2. The van der Waals surface area contributed by atoms with E-state index in [1.807, 2.05) is 0 Å². The van der Waals surface area contributed by atoms with Crippen LogP contribution in [0.2, 0.25) is 0 Å². The number of rotatable bonds is 5. The van der Waals surface area contributed by atoms with Crippen molar-refractivity contribution in [1.29, 1.82) is 0 Å². The summed E-state index contributed by atoms with van der Waals surface area (Å²) >= 11 is 0. The molecule has 1 N–H and O–H groups in total. The molecule has 9 nitrogen and oxygen atoms in total. The number of benzene rings is 1. The van der Waals surface area contributed by atoms with E-state index in [9.17, 15) is 25.0 Å². The number of methoxy groups -OCH3 is 1. The molecule has 1 aliphatic carbocycles. The van der Waals surface area contributed by atoms with Crippen LogP contribution in [-0.4, -0.2) is 29.0 Å². The number of anilines is 1. The highest BCUT2D eigenvalue weighted by Crippen LogP contribution is 2.37. The van der Waals surface area contributed by atoms with Gasteiger partial charge in [-0.1, -0.05) is 19.3 Å². The van der Waals surface area contributed by atoms with E-state index < -0.39 is 27.2 Å². The van der Waals surface area contributed by atoms with Gasteiger partial charge in [0.05, 0.1) is 22.5 Å². The number of nitrogens with zero attached hydrogens (tertiary/aromatic N) is 2. The van der Waals surface area contributed by atoms with Crippen LogP contribution < -0.4 is 5.32 Å². The van der Waals surface area contributed by atoms with E-state index in [1.54, 1.807) is 0 Å². The highest BCUT2D eigenvalue weighted by Gasteiger charge is 2.30. The van der Waals surface area contributed by atoms with Crippen LogP contribution in [0.15, 0.2) is 12.1 Å². The van der Waals surface area contributed by atoms with Crippen molar-refractivity contribution in [2.75, 3.05) is 12.4 Å². The second-order valence-electron chi connectivity index (χ2n) is 5.37. The number of esters is 1. The fourth-order valence-electron chi connectivity index (χ4n) is 2.73. The number of carbonyl (C=O) groups excluding carboxylic acids is 1. The molecular weight excluding hydrogens is 306 g/mol. The molecule has 0 radical (unpaired) electrons. The van der Waals surface area contributed by atoms with Crippen molar-refractivity contribution < 1.29 is 19.4 Å². The van der Waals surface area contributed by atoms with E-state index >= 15 is 0 Å². The Balaban J connectivity index is 2.50. The summed E-state index contributed by atoms with van der Waals surface area (Å²) in [5, 5.41) is 25.5. The minimum absolute atomic E-state index is 0.0508. The smallest absolute Gasteiger partial charge is 0.338 e. The van der Waals surface area contributed by atoms with Crippen LogP contribution in [0.3, 0.4) is 0 Å². The van der Waals surface area contributed by atoms with E-state index in [2.05, 4.69) is 10.1 Å². The number of ether oxygens (including phenoxy) is 1. The Labute approximate surface area is 131 Å². The Morgan fingerprint density at radius 3 is 2.09 bits per heavy atom. The Hall–Kier alpha value is -2.71. The molecule has 0 amide bonds. The summed E-state index contributed by atoms with van der Waals surface area (Å²) < 4.78 is 4.49. The Morgan fingerprint density at radius 1 is 1.13 bits per heavy atom. The highest BCUT2D eigenvalue weighted by molar-refractivity contribution is 5.93. The van der Waals surface area contributed by atoms with Gasteiger partial charge in [-0.05, 0) is 12.8 Å². The number of hydrogen-bond donors (Lipinski definition) is 1. The van der Waals surface area contributed by atoms with Crippen molar-refractivity contribution >= 4 is 23.0 Å². The zero-order valence-electron chi connectivity index (χ0n) is 12.6. The third-order valence-corrected chi connectivity index (χ3v) is 3.86. The molecule has 0 bridgehead atoms. The molecular formula is C14H17N3O6. The molecule has 0 spiro atoms. The van der Waals surface area contributed by atoms with E-state index in [0.29, 0.717) is 0 Å². The lowest BCUT2D eigenvalue weighted by atomic mass is 9.95. The summed E-state index contributed by atoms with van der Waals surface area (Å²) in [7, 11) is 1.11. The molecule has 1 saturated carbocycles. The van der Waals surface area contributed by atoms with Gasteiger partial charge < -0.3 is 10.1 Å². The number of nitrogens with one attached hydrogen (secondary N) is 1. The zero-order valence-corrected chi connectivity index (χ0v) is 12.6. The lowest BCUT2D eigenvalue weighted by molar-refractivity contribution is -0.392. The predicted octanol–water partition coefficient (Wildman–Crippen LogP) is 3.03. The fraction of sp³-hybridized carbons (Fsp3) is 0.500. The number of carbonyl (C=O) groups is 1. The van der Waals surface area contributed by atoms with Crippen LogP contribution in [0.1, 0.15) is 42.5 Å². The van der Waals surface area contributed by atoms with E-state index in [1.165, 1.54) is 0 Å². The van der Waals surface area contributed by atoms with Crippen LogP contribution in [0.4, 0.5) is 17.1 Å². The van der Waals surface area contributed by atoms with Gasteiger partial charge in [-0.3, -0.25) is 20.2 Å². The van der Waals surface area contributed by atoms with Crippen LogP contribution >= 0.6 is 0 Å². The average Bonchev–Trinajstić information content (AvgIpc) is 2.54. The largest absolute Gasteiger partial charge is 0.465 e. The van der Waals surface area contributed by atoms with E-state index in [0.717, 1.165) is 51.3 Å². The lowest BCUT2D eigenvalue weighted by Crippen LogP contribution is -2.23. The third kappa shape index (κ3) is 3.74. The molecule has 0 aromatic heterocycles. The lowest BCUT2D eigenvalue weighted by Gasteiger charge is -2.23. The quantitative estimate of drug-likeness (QED) is 0.501. The normalized spacial score (nSPS) is 15.0. The number of nitro benzene ring substituents is 2. The summed E-state index contributed by atoms with van der Waals surface area (Å²) in [6.07, 6.45) is 4.63. The molecule has 9 heteroatoms. The Kier molecular flexibility index (Phi) is 5.09. The maximum atomic E-state index is 11.6. The van der Waals surface area contributed by atoms with Gasteiger partial charge in [0.15, 0.2) is 5.69 Å². The van der Waals surface area contributed by atoms with Gasteiger partial charge in [-0.25, -0.2) is 4.79 Å². The van der Waals surface area contributed by atoms with Crippen LogP contribution in [0.5, 0.6) is 0 Å². The van der Waals surface area contributed by atoms with Crippen molar-refractivity contribution in [1.82, 2.24) is 0 Å².